The van der Waals surface area contributed by atoms with Gasteiger partial charge in [-0.3, -0.25) is 9.59 Å². The Morgan fingerprint density at radius 3 is 2.19 bits per heavy atom. The molecule has 32 heavy (non-hydrogen) atoms. The molecule has 1 aliphatic heterocycles. The number of piperazine rings is 1. The molecule has 3 aromatic rings. The van der Waals surface area contributed by atoms with Crippen LogP contribution in [-0.2, 0) is 14.8 Å². The fourth-order valence-electron chi connectivity index (χ4n) is 3.79. The monoisotopic (exact) mass is 451 g/mol. The third kappa shape index (κ3) is 4.81. The molecule has 8 heteroatoms. The summed E-state index contributed by atoms with van der Waals surface area (Å²) in [7, 11) is -3.55. The van der Waals surface area contributed by atoms with Crippen LogP contribution in [0.4, 0.5) is 0 Å². The van der Waals surface area contributed by atoms with Crippen molar-refractivity contribution in [1.29, 1.82) is 0 Å². The lowest BCUT2D eigenvalue weighted by atomic mass is 10.1. The van der Waals surface area contributed by atoms with Gasteiger partial charge in [0.15, 0.2) is 0 Å². The maximum atomic E-state index is 12.7. The van der Waals surface area contributed by atoms with Gasteiger partial charge in [-0.25, -0.2) is 8.42 Å². The van der Waals surface area contributed by atoms with Crippen molar-refractivity contribution >= 4 is 32.6 Å². The standard InChI is InChI=1S/C24H25N3O4S/c28-23(12-13-25-24(29)21-11-10-19-6-4-5-7-20(19)18-21)26-14-16-27(17-15-26)32(30,31)22-8-2-1-3-9-22/h1-11,18H,12-17H2,(H,25,29). The smallest absolute Gasteiger partial charge is 0.251 e. The topological polar surface area (TPSA) is 86.8 Å². The second-order valence-corrected chi connectivity index (χ2v) is 9.60. The van der Waals surface area contributed by atoms with Crippen LogP contribution in [0.25, 0.3) is 10.8 Å². The van der Waals surface area contributed by atoms with Gasteiger partial charge in [0.05, 0.1) is 4.90 Å². The molecule has 1 fully saturated rings. The van der Waals surface area contributed by atoms with E-state index in [1.807, 2.05) is 36.4 Å². The molecular formula is C24H25N3O4S. The van der Waals surface area contributed by atoms with Crippen LogP contribution in [0.1, 0.15) is 16.8 Å². The molecule has 0 radical (unpaired) electrons. The van der Waals surface area contributed by atoms with Crippen LogP contribution < -0.4 is 5.32 Å². The first-order chi connectivity index (χ1) is 15.4. The summed E-state index contributed by atoms with van der Waals surface area (Å²) >= 11 is 0. The Balaban J connectivity index is 1.26. The van der Waals surface area contributed by atoms with E-state index < -0.39 is 10.0 Å². The molecule has 7 nitrogen and oxygen atoms in total. The largest absolute Gasteiger partial charge is 0.352 e. The first-order valence-electron chi connectivity index (χ1n) is 10.5. The predicted octanol–water partition coefficient (Wildman–Crippen LogP) is 2.49. The van der Waals surface area contributed by atoms with Crippen molar-refractivity contribution in [2.75, 3.05) is 32.7 Å². The van der Waals surface area contributed by atoms with Crippen molar-refractivity contribution in [3.8, 4) is 0 Å². The third-order valence-corrected chi connectivity index (χ3v) is 7.52. The number of carbonyl (C=O) groups is 2. The van der Waals surface area contributed by atoms with Crippen molar-refractivity contribution in [2.24, 2.45) is 0 Å². The van der Waals surface area contributed by atoms with Crippen LogP contribution in [0.15, 0.2) is 77.7 Å². The summed E-state index contributed by atoms with van der Waals surface area (Å²) in [6, 6.07) is 21.6. The lowest BCUT2D eigenvalue weighted by Crippen LogP contribution is -2.50. The summed E-state index contributed by atoms with van der Waals surface area (Å²) in [5.41, 5.74) is 0.552. The maximum absolute atomic E-state index is 12.7. The zero-order chi connectivity index (χ0) is 22.6. The van der Waals surface area contributed by atoms with Gasteiger partial charge >= 0.3 is 0 Å². The number of fused-ring (bicyclic) bond motifs is 1. The second-order valence-electron chi connectivity index (χ2n) is 7.67. The number of benzene rings is 3. The molecule has 0 spiro atoms. The Morgan fingerprint density at radius 2 is 1.47 bits per heavy atom. The molecule has 0 atom stereocenters. The van der Waals surface area contributed by atoms with Crippen LogP contribution >= 0.6 is 0 Å². The van der Waals surface area contributed by atoms with Crippen molar-refractivity contribution in [3.05, 3.63) is 78.4 Å². The number of amides is 2. The average molecular weight is 452 g/mol. The van der Waals surface area contributed by atoms with E-state index in [2.05, 4.69) is 5.32 Å². The number of hydrogen-bond acceptors (Lipinski definition) is 4. The second kappa shape index (κ2) is 9.50. The molecule has 166 valence electrons. The SMILES string of the molecule is O=C(NCCC(=O)N1CCN(S(=O)(=O)c2ccccc2)CC1)c1ccc2ccccc2c1. The molecule has 0 aliphatic carbocycles. The molecule has 1 aliphatic rings. The summed E-state index contributed by atoms with van der Waals surface area (Å²) in [6.45, 7) is 1.42. The highest BCUT2D eigenvalue weighted by atomic mass is 32.2. The molecule has 1 saturated heterocycles. The van der Waals surface area contributed by atoms with Gasteiger partial charge < -0.3 is 10.2 Å². The summed E-state index contributed by atoms with van der Waals surface area (Å²) in [5.74, 6) is -0.317. The molecule has 2 amide bonds. The molecule has 3 aromatic carbocycles. The number of sulfonamides is 1. The Kier molecular flexibility index (Phi) is 6.53. The summed E-state index contributed by atoms with van der Waals surface area (Å²) < 4.78 is 26.8. The van der Waals surface area contributed by atoms with E-state index in [0.29, 0.717) is 18.7 Å². The quantitative estimate of drug-likeness (QED) is 0.624. The lowest BCUT2D eigenvalue weighted by molar-refractivity contribution is -0.132. The third-order valence-electron chi connectivity index (χ3n) is 5.61. The Morgan fingerprint density at radius 1 is 0.812 bits per heavy atom. The minimum absolute atomic E-state index is 0.0967. The number of rotatable bonds is 6. The molecule has 0 aromatic heterocycles. The molecular weight excluding hydrogens is 426 g/mol. The van der Waals surface area contributed by atoms with Crippen LogP contribution in [-0.4, -0.2) is 62.2 Å². The molecule has 1 heterocycles. The number of nitrogens with zero attached hydrogens (tertiary/aromatic N) is 2. The van der Waals surface area contributed by atoms with Gasteiger partial charge in [-0.2, -0.15) is 4.31 Å². The van der Waals surface area contributed by atoms with Crippen molar-refractivity contribution < 1.29 is 18.0 Å². The minimum atomic E-state index is -3.55. The fourth-order valence-corrected chi connectivity index (χ4v) is 5.24. The van der Waals surface area contributed by atoms with Crippen molar-refractivity contribution in [2.45, 2.75) is 11.3 Å². The lowest BCUT2D eigenvalue weighted by Gasteiger charge is -2.34. The van der Waals surface area contributed by atoms with E-state index in [4.69, 9.17) is 0 Å². The average Bonchev–Trinajstić information content (AvgIpc) is 2.84. The Bertz CT molecular complexity index is 1220. The van der Waals surface area contributed by atoms with Crippen LogP contribution in [0.2, 0.25) is 0 Å². The van der Waals surface area contributed by atoms with Crippen LogP contribution in [0, 0.1) is 0 Å². The highest BCUT2D eigenvalue weighted by Gasteiger charge is 2.29. The Hall–Kier alpha value is -3.23. The summed E-state index contributed by atoms with van der Waals surface area (Å²) in [4.78, 5) is 26.9. The van der Waals surface area contributed by atoms with Crippen molar-refractivity contribution in [3.63, 3.8) is 0 Å². The highest BCUT2D eigenvalue weighted by molar-refractivity contribution is 7.89. The van der Waals surface area contributed by atoms with Gasteiger partial charge in [0.25, 0.3) is 5.91 Å². The van der Waals surface area contributed by atoms with Gasteiger partial charge in [0.2, 0.25) is 15.9 Å². The fraction of sp³-hybridized carbons (Fsp3) is 0.250. The molecule has 0 bridgehead atoms. The highest BCUT2D eigenvalue weighted by Crippen LogP contribution is 2.18. The number of hydrogen-bond donors (Lipinski definition) is 1. The van der Waals surface area contributed by atoms with E-state index in [9.17, 15) is 18.0 Å². The van der Waals surface area contributed by atoms with E-state index in [0.717, 1.165) is 10.8 Å². The van der Waals surface area contributed by atoms with Gasteiger partial charge in [-0.15, -0.1) is 0 Å². The molecule has 0 unspecified atom stereocenters. The van der Waals surface area contributed by atoms with Crippen LogP contribution in [0.3, 0.4) is 0 Å². The summed E-state index contributed by atoms with van der Waals surface area (Å²) in [6.07, 6.45) is 0.171. The number of carbonyl (C=O) groups excluding carboxylic acids is 2. The van der Waals surface area contributed by atoms with E-state index >= 15 is 0 Å². The predicted molar refractivity (Wildman–Crippen MR) is 123 cm³/mol. The molecule has 1 N–H and O–H groups in total. The zero-order valence-electron chi connectivity index (χ0n) is 17.6. The van der Waals surface area contributed by atoms with E-state index in [-0.39, 0.29) is 42.8 Å². The van der Waals surface area contributed by atoms with Gasteiger partial charge in [0, 0.05) is 44.7 Å². The van der Waals surface area contributed by atoms with Gasteiger partial charge in [0.1, 0.15) is 0 Å². The molecule has 0 saturated carbocycles. The van der Waals surface area contributed by atoms with Gasteiger partial charge in [-0.1, -0.05) is 48.5 Å². The minimum Gasteiger partial charge on any atom is -0.352 e. The summed E-state index contributed by atoms with van der Waals surface area (Å²) in [5, 5.41) is 4.84. The van der Waals surface area contributed by atoms with Crippen LogP contribution in [0.5, 0.6) is 0 Å². The van der Waals surface area contributed by atoms with Gasteiger partial charge in [-0.05, 0) is 35.0 Å². The zero-order valence-corrected chi connectivity index (χ0v) is 18.4. The normalized spacial score (nSPS) is 14.9. The number of nitrogens with one attached hydrogen (secondary N) is 1. The molecule has 4 rings (SSSR count). The first kappa shape index (κ1) is 22.0. The Labute approximate surface area is 187 Å². The maximum Gasteiger partial charge on any atom is 0.251 e. The van der Waals surface area contributed by atoms with Crippen molar-refractivity contribution in [1.82, 2.24) is 14.5 Å². The first-order valence-corrected chi connectivity index (χ1v) is 12.0. The van der Waals surface area contributed by atoms with E-state index in [1.54, 1.807) is 41.3 Å². The van der Waals surface area contributed by atoms with E-state index in [1.165, 1.54) is 4.31 Å².